The van der Waals surface area contributed by atoms with Gasteiger partial charge >= 0.3 is 5.97 Å². The number of aromatic amines is 1. The molecule has 0 spiro atoms. The van der Waals surface area contributed by atoms with Crippen molar-refractivity contribution in [3.8, 4) is 0 Å². The first-order chi connectivity index (χ1) is 16.2. The lowest BCUT2D eigenvalue weighted by Gasteiger charge is -2.21. The van der Waals surface area contributed by atoms with Crippen molar-refractivity contribution in [2.75, 3.05) is 12.3 Å². The van der Waals surface area contributed by atoms with E-state index in [4.69, 9.17) is 5.73 Å². The van der Waals surface area contributed by atoms with Crippen LogP contribution in [-0.2, 0) is 25.6 Å². The highest BCUT2D eigenvalue weighted by molar-refractivity contribution is 7.80. The summed E-state index contributed by atoms with van der Waals surface area (Å²) >= 11 is 4.09. The van der Waals surface area contributed by atoms with E-state index >= 15 is 0 Å². The lowest BCUT2D eigenvalue weighted by atomic mass is 10.0. The molecule has 13 heteroatoms. The minimum Gasteiger partial charge on any atom is -0.480 e. The summed E-state index contributed by atoms with van der Waals surface area (Å²) < 4.78 is 0. The van der Waals surface area contributed by atoms with Gasteiger partial charge in [-0.2, -0.15) is 12.6 Å². The van der Waals surface area contributed by atoms with Gasteiger partial charge in [0.05, 0.1) is 12.4 Å². The zero-order valence-electron chi connectivity index (χ0n) is 19.1. The Kier molecular flexibility index (Phi) is 11.0. The molecule has 2 rings (SSSR count). The van der Waals surface area contributed by atoms with Gasteiger partial charge in [0, 0.05) is 36.8 Å². The van der Waals surface area contributed by atoms with Crippen LogP contribution in [0.1, 0.15) is 38.3 Å². The number of nitrogens with one attached hydrogen (secondary N) is 4. The van der Waals surface area contributed by atoms with E-state index in [0.717, 1.165) is 6.42 Å². The quantitative estimate of drug-likeness (QED) is 0.127. The molecule has 5 atom stereocenters. The molecule has 1 aliphatic heterocycles. The summed E-state index contributed by atoms with van der Waals surface area (Å²) in [5.41, 5.74) is 6.48. The minimum atomic E-state index is -1.22. The number of nitrogens with two attached hydrogens (primary N) is 1. The zero-order valence-corrected chi connectivity index (χ0v) is 20.0. The number of nitrogens with zero attached hydrogens (tertiary/aromatic N) is 2. The summed E-state index contributed by atoms with van der Waals surface area (Å²) in [5.74, 6) is -2.36. The molecule has 0 unspecified atom stereocenters. The van der Waals surface area contributed by atoms with Crippen LogP contribution in [0.15, 0.2) is 17.5 Å². The Labute approximate surface area is 203 Å². The van der Waals surface area contributed by atoms with Crippen molar-refractivity contribution in [2.45, 2.75) is 63.2 Å². The first-order valence-corrected chi connectivity index (χ1v) is 11.8. The summed E-state index contributed by atoms with van der Waals surface area (Å²) in [7, 11) is 0. The Morgan fingerprint density at radius 1 is 1.24 bits per heavy atom. The third-order valence-corrected chi connectivity index (χ3v) is 5.90. The number of H-pyrrole nitrogens is 1. The van der Waals surface area contributed by atoms with Gasteiger partial charge in [-0.05, 0) is 31.6 Å². The van der Waals surface area contributed by atoms with Gasteiger partial charge in [0.2, 0.25) is 17.7 Å². The van der Waals surface area contributed by atoms with Gasteiger partial charge in [0.1, 0.15) is 18.1 Å². The first kappa shape index (κ1) is 27.3. The summed E-state index contributed by atoms with van der Waals surface area (Å²) in [4.78, 5) is 59.3. The molecule has 7 N–H and O–H groups in total. The van der Waals surface area contributed by atoms with Gasteiger partial charge in [-0.15, -0.1) is 0 Å². The monoisotopic (exact) mass is 495 g/mol. The lowest BCUT2D eigenvalue weighted by molar-refractivity contribution is -0.142. The molecule has 1 aromatic heterocycles. The highest BCUT2D eigenvalue weighted by atomic mass is 32.1. The number of unbranched alkanes of at least 4 members (excludes halogenated alkanes) is 1. The second kappa shape index (κ2) is 13.7. The second-order valence-corrected chi connectivity index (χ2v) is 8.67. The molecule has 1 aliphatic rings. The topological polar surface area (TPSA) is 192 Å². The SMILES string of the molecule is C[C@@H]1CC=N[C@H]1C(=O)NCCCC[C@H](N)C(=O)N[C@@H](CS)C(=O)N[C@@H](Cc1cnc[nH]1)C(=O)O. The molecule has 0 radical (unpaired) electrons. The van der Waals surface area contributed by atoms with Gasteiger partial charge in [-0.25, -0.2) is 9.78 Å². The molecule has 0 aliphatic carbocycles. The Morgan fingerprint density at radius 2 is 1.97 bits per heavy atom. The molecule has 2 heterocycles. The van der Waals surface area contributed by atoms with Gasteiger partial charge < -0.3 is 31.8 Å². The van der Waals surface area contributed by atoms with E-state index in [9.17, 15) is 24.3 Å². The van der Waals surface area contributed by atoms with Crippen molar-refractivity contribution in [3.05, 3.63) is 18.2 Å². The average molecular weight is 496 g/mol. The van der Waals surface area contributed by atoms with E-state index in [2.05, 4.69) is 43.5 Å². The molecule has 0 aromatic carbocycles. The molecular formula is C21H33N7O5S. The number of thiol groups is 1. The van der Waals surface area contributed by atoms with Gasteiger partial charge in [-0.1, -0.05) is 6.92 Å². The van der Waals surface area contributed by atoms with Gasteiger partial charge in [0.15, 0.2) is 0 Å². The smallest absolute Gasteiger partial charge is 0.326 e. The van der Waals surface area contributed by atoms with Crippen LogP contribution in [0, 0.1) is 5.92 Å². The third kappa shape index (κ3) is 8.45. The molecule has 0 fully saturated rings. The van der Waals surface area contributed by atoms with Crippen molar-refractivity contribution in [3.63, 3.8) is 0 Å². The van der Waals surface area contributed by atoms with Crippen molar-refractivity contribution < 1.29 is 24.3 Å². The van der Waals surface area contributed by atoms with E-state index in [1.807, 2.05) is 6.92 Å². The maximum Gasteiger partial charge on any atom is 0.326 e. The van der Waals surface area contributed by atoms with Crippen molar-refractivity contribution in [2.24, 2.45) is 16.6 Å². The normalized spacial score (nSPS) is 19.7. The number of carboxylic acid groups (broad SMARTS) is 1. The predicted octanol–water partition coefficient (Wildman–Crippen LogP) is -0.971. The predicted molar refractivity (Wildman–Crippen MR) is 129 cm³/mol. The third-order valence-electron chi connectivity index (χ3n) is 5.54. The van der Waals surface area contributed by atoms with Crippen LogP contribution >= 0.6 is 12.6 Å². The number of carboxylic acids is 1. The molecule has 34 heavy (non-hydrogen) atoms. The zero-order chi connectivity index (χ0) is 25.1. The van der Waals surface area contributed by atoms with E-state index in [1.165, 1.54) is 12.5 Å². The molecule has 188 valence electrons. The van der Waals surface area contributed by atoms with Crippen molar-refractivity contribution in [1.29, 1.82) is 0 Å². The largest absolute Gasteiger partial charge is 0.480 e. The van der Waals surface area contributed by atoms with Crippen LogP contribution < -0.4 is 21.7 Å². The number of carbonyl (C=O) groups is 4. The van der Waals surface area contributed by atoms with Crippen LogP contribution in [0.5, 0.6) is 0 Å². The van der Waals surface area contributed by atoms with E-state index < -0.39 is 35.9 Å². The highest BCUT2D eigenvalue weighted by Crippen LogP contribution is 2.16. The molecule has 0 saturated heterocycles. The Balaban J connectivity index is 1.71. The molecule has 3 amide bonds. The number of imidazole rings is 1. The van der Waals surface area contributed by atoms with Crippen molar-refractivity contribution in [1.82, 2.24) is 25.9 Å². The highest BCUT2D eigenvalue weighted by Gasteiger charge is 2.28. The summed E-state index contributed by atoms with van der Waals surface area (Å²) in [6.07, 6.45) is 7.05. The fraction of sp³-hybridized carbons (Fsp3) is 0.619. The number of aromatic nitrogens is 2. The maximum absolute atomic E-state index is 12.5. The maximum atomic E-state index is 12.5. The van der Waals surface area contributed by atoms with Gasteiger partial charge in [-0.3, -0.25) is 19.4 Å². The summed E-state index contributed by atoms with van der Waals surface area (Å²) in [5, 5.41) is 17.2. The number of hydrogen-bond acceptors (Lipinski definition) is 8. The summed E-state index contributed by atoms with van der Waals surface area (Å²) in [6.45, 7) is 2.44. The first-order valence-electron chi connectivity index (χ1n) is 11.2. The fourth-order valence-electron chi connectivity index (χ4n) is 3.44. The number of aliphatic imine (C=N–C) groups is 1. The van der Waals surface area contributed by atoms with Crippen LogP contribution in [0.2, 0.25) is 0 Å². The standard InChI is InChI=1S/C21H33N7O5S/c1-12-5-7-24-17(12)20(31)25-6-3-2-4-14(22)18(29)28-16(10-34)19(30)27-15(21(32)33)8-13-9-23-11-26-13/h7,9,11-12,14-17,34H,2-6,8,10,22H2,1H3,(H,23,26)(H,25,31)(H,27,30)(H,28,29)(H,32,33)/t12-,14+,15+,16+,17-/m1/s1. The van der Waals surface area contributed by atoms with Crippen LogP contribution in [0.4, 0.5) is 0 Å². The minimum absolute atomic E-state index is 0.0103. The van der Waals surface area contributed by atoms with Crippen molar-refractivity contribution >= 4 is 42.5 Å². The van der Waals surface area contributed by atoms with Crippen LogP contribution in [0.3, 0.4) is 0 Å². The molecule has 12 nitrogen and oxygen atoms in total. The second-order valence-electron chi connectivity index (χ2n) is 8.31. The number of hydrogen-bond donors (Lipinski definition) is 7. The van der Waals surface area contributed by atoms with E-state index in [-0.39, 0.29) is 30.0 Å². The van der Waals surface area contributed by atoms with E-state index in [0.29, 0.717) is 31.5 Å². The fourth-order valence-corrected chi connectivity index (χ4v) is 3.70. The number of carbonyl (C=O) groups excluding carboxylic acids is 3. The average Bonchev–Trinajstić information content (AvgIpc) is 3.47. The lowest BCUT2D eigenvalue weighted by Crippen LogP contribution is -2.55. The van der Waals surface area contributed by atoms with E-state index in [1.54, 1.807) is 6.21 Å². The number of amides is 3. The molecule has 1 aromatic rings. The van der Waals surface area contributed by atoms with Crippen LogP contribution in [-0.4, -0.2) is 81.4 Å². The Hall–Kier alpha value is -2.93. The van der Waals surface area contributed by atoms with Crippen LogP contribution in [0.25, 0.3) is 0 Å². The summed E-state index contributed by atoms with van der Waals surface area (Å²) in [6, 6.07) is -3.43. The molecule has 0 saturated carbocycles. The Bertz CT molecular complexity index is 864. The number of aliphatic carboxylic acids is 1. The van der Waals surface area contributed by atoms with Gasteiger partial charge in [0.25, 0.3) is 0 Å². The Morgan fingerprint density at radius 3 is 2.56 bits per heavy atom. The molecular weight excluding hydrogens is 462 g/mol. The molecule has 0 bridgehead atoms. The number of rotatable bonds is 14.